The molecule has 0 bridgehead atoms. The summed E-state index contributed by atoms with van der Waals surface area (Å²) in [5.41, 5.74) is -0.803. The van der Waals surface area contributed by atoms with Crippen LogP contribution in [0.2, 0.25) is 0 Å². The van der Waals surface area contributed by atoms with E-state index in [0.29, 0.717) is 22.2 Å². The van der Waals surface area contributed by atoms with E-state index in [9.17, 15) is 34.5 Å². The summed E-state index contributed by atoms with van der Waals surface area (Å²) in [6.07, 6.45) is -0.892. The summed E-state index contributed by atoms with van der Waals surface area (Å²) in [5.74, 6) is -5.49. The van der Waals surface area contributed by atoms with Gasteiger partial charge in [0, 0.05) is 10.8 Å². The Morgan fingerprint density at radius 1 is 1.15 bits per heavy atom. The van der Waals surface area contributed by atoms with Gasteiger partial charge in [0.15, 0.2) is 0 Å². The smallest absolute Gasteiger partial charge is 0.318 e. The van der Waals surface area contributed by atoms with E-state index in [1.165, 1.54) is 0 Å². The Labute approximate surface area is 160 Å². The molecule has 8 nitrogen and oxygen atoms in total. The number of carboxylic acids is 3. The van der Waals surface area contributed by atoms with Crippen LogP contribution >= 0.6 is 23.1 Å². The fourth-order valence-corrected chi connectivity index (χ4v) is 5.99. The number of benzene rings is 1. The van der Waals surface area contributed by atoms with Gasteiger partial charge in [0.2, 0.25) is 0 Å². The van der Waals surface area contributed by atoms with Crippen molar-refractivity contribution in [3.63, 3.8) is 0 Å². The van der Waals surface area contributed by atoms with Gasteiger partial charge in [-0.3, -0.25) is 19.2 Å². The van der Waals surface area contributed by atoms with Crippen molar-refractivity contribution in [3.8, 4) is 0 Å². The van der Waals surface area contributed by atoms with Crippen LogP contribution in [0.5, 0.6) is 0 Å². The molecule has 0 aliphatic carbocycles. The molecule has 2 aromatic rings. The van der Waals surface area contributed by atoms with Gasteiger partial charge < -0.3 is 20.3 Å². The maximum absolute atomic E-state index is 12.4. The highest BCUT2D eigenvalue weighted by atomic mass is 32.2. The minimum absolute atomic E-state index is 0.269. The minimum atomic E-state index is -2.16. The van der Waals surface area contributed by atoms with Crippen LogP contribution in [0.4, 0.5) is 0 Å². The van der Waals surface area contributed by atoms with Crippen molar-refractivity contribution in [2.45, 2.75) is 29.5 Å². The lowest BCUT2D eigenvalue weighted by Gasteiger charge is -2.43. The van der Waals surface area contributed by atoms with Crippen LogP contribution in [0.15, 0.2) is 34.1 Å². The molecule has 1 aromatic heterocycles. The Bertz CT molecular complexity index is 978. The summed E-state index contributed by atoms with van der Waals surface area (Å²) in [5, 5.41) is 27.9. The lowest BCUT2D eigenvalue weighted by atomic mass is 9.66. The Balaban J connectivity index is 2.37. The Morgan fingerprint density at radius 3 is 2.30 bits per heavy atom. The third-order valence-corrected chi connectivity index (χ3v) is 7.09. The summed E-state index contributed by atoms with van der Waals surface area (Å²) in [6, 6.07) is 6.75. The predicted octanol–water partition coefficient (Wildman–Crippen LogP) is 1.98. The minimum Gasteiger partial charge on any atom is -0.481 e. The molecule has 27 heavy (non-hydrogen) atoms. The third kappa shape index (κ3) is 3.15. The number of aromatic nitrogens is 1. The number of thiazole rings is 1. The maximum Gasteiger partial charge on any atom is 0.318 e. The number of thioether (sulfide) groups is 1. The van der Waals surface area contributed by atoms with Gasteiger partial charge in [-0.25, -0.2) is 0 Å². The number of fused-ring (bicyclic) bond motifs is 1. The Morgan fingerprint density at radius 2 is 1.78 bits per heavy atom. The zero-order chi connectivity index (χ0) is 19.9. The SMILES string of the molecule is Cc1ccc([C@H]2c3sc(=O)[nH]c3S[C@@H](C(=O)O)[C@@]2(CC(=O)O)C(=O)O)cc1. The van der Waals surface area contributed by atoms with Crippen LogP contribution in [-0.2, 0) is 14.4 Å². The fourth-order valence-electron chi connectivity index (χ4n) is 3.45. The number of nitrogens with one attached hydrogen (secondary N) is 1. The van der Waals surface area contributed by atoms with E-state index in [1.807, 2.05) is 6.92 Å². The summed E-state index contributed by atoms with van der Waals surface area (Å²) in [6.45, 7) is 1.84. The first kappa shape index (κ1) is 19.2. The van der Waals surface area contributed by atoms with E-state index in [1.54, 1.807) is 24.3 Å². The summed E-state index contributed by atoms with van der Waals surface area (Å²) < 4.78 is 0. The standard InChI is InChI=1S/C17H15NO7S2/c1-7-2-4-8(5-3-7)10-11-13(18-16(25)26-11)27-12(14(21)22)17(10,15(23)24)6-9(19)20/h2-5,10,12H,6H2,1H3,(H,18,25)(H,19,20)(H,21,22)(H,23,24)/t10-,12-,17-/m0/s1. The molecule has 4 N–H and O–H groups in total. The van der Waals surface area contributed by atoms with Gasteiger partial charge in [-0.1, -0.05) is 52.9 Å². The first-order chi connectivity index (χ1) is 12.7. The van der Waals surface area contributed by atoms with Crippen LogP contribution in [0.25, 0.3) is 0 Å². The second-order valence-electron chi connectivity index (χ2n) is 6.30. The Hall–Kier alpha value is -2.59. The van der Waals surface area contributed by atoms with Gasteiger partial charge in [0.1, 0.15) is 10.7 Å². The van der Waals surface area contributed by atoms with Crippen molar-refractivity contribution in [3.05, 3.63) is 49.9 Å². The second kappa shape index (κ2) is 6.86. The first-order valence-electron chi connectivity index (χ1n) is 7.81. The van der Waals surface area contributed by atoms with Gasteiger partial charge >= 0.3 is 22.8 Å². The molecule has 10 heteroatoms. The Kier molecular flexibility index (Phi) is 4.87. The lowest BCUT2D eigenvalue weighted by molar-refractivity contribution is -0.161. The molecule has 0 saturated carbocycles. The van der Waals surface area contributed by atoms with Crippen LogP contribution in [0, 0.1) is 12.3 Å². The van der Waals surface area contributed by atoms with E-state index in [4.69, 9.17) is 0 Å². The normalized spacial score (nSPS) is 24.2. The topological polar surface area (TPSA) is 145 Å². The quantitative estimate of drug-likeness (QED) is 0.587. The molecule has 1 aromatic carbocycles. The number of carbonyl (C=O) groups is 3. The first-order valence-corrected chi connectivity index (χ1v) is 9.50. The van der Waals surface area contributed by atoms with Gasteiger partial charge in [-0.15, -0.1) is 0 Å². The number of hydrogen-bond donors (Lipinski definition) is 4. The molecule has 0 spiro atoms. The average Bonchev–Trinajstić information content (AvgIpc) is 2.94. The van der Waals surface area contributed by atoms with E-state index >= 15 is 0 Å². The molecule has 0 radical (unpaired) electrons. The fraction of sp³-hybridized carbons (Fsp3) is 0.294. The molecule has 0 saturated heterocycles. The number of aromatic amines is 1. The maximum atomic E-state index is 12.4. The van der Waals surface area contributed by atoms with Crippen LogP contribution in [0.3, 0.4) is 0 Å². The van der Waals surface area contributed by atoms with Crippen LogP contribution in [-0.4, -0.2) is 43.5 Å². The average molecular weight is 409 g/mol. The molecular formula is C17H15NO7S2. The molecule has 3 rings (SSSR count). The van der Waals surface area contributed by atoms with Crippen molar-refractivity contribution >= 4 is 41.0 Å². The molecule has 1 aliphatic rings. The summed E-state index contributed by atoms with van der Waals surface area (Å²) in [4.78, 5) is 50.2. The number of hydrogen-bond acceptors (Lipinski definition) is 6. The molecule has 3 atom stereocenters. The van der Waals surface area contributed by atoms with Crippen molar-refractivity contribution < 1.29 is 29.7 Å². The lowest BCUT2D eigenvalue weighted by Crippen LogP contribution is -2.52. The number of carboxylic acid groups (broad SMARTS) is 3. The molecule has 0 amide bonds. The van der Waals surface area contributed by atoms with Crippen LogP contribution < -0.4 is 4.87 Å². The zero-order valence-electron chi connectivity index (χ0n) is 14.0. The molecule has 2 heterocycles. The van der Waals surface area contributed by atoms with Crippen molar-refractivity contribution in [1.82, 2.24) is 4.98 Å². The molecule has 1 aliphatic heterocycles. The van der Waals surface area contributed by atoms with E-state index in [-0.39, 0.29) is 5.03 Å². The van der Waals surface area contributed by atoms with Crippen molar-refractivity contribution in [2.24, 2.45) is 5.41 Å². The van der Waals surface area contributed by atoms with Crippen molar-refractivity contribution in [1.29, 1.82) is 0 Å². The van der Waals surface area contributed by atoms with E-state index in [0.717, 1.165) is 16.9 Å². The number of rotatable bonds is 5. The van der Waals surface area contributed by atoms with Gasteiger partial charge in [0.05, 0.1) is 11.4 Å². The highest BCUT2D eigenvalue weighted by molar-refractivity contribution is 8.00. The van der Waals surface area contributed by atoms with Gasteiger partial charge in [-0.05, 0) is 12.5 Å². The molecular weight excluding hydrogens is 394 g/mol. The molecule has 0 unspecified atom stereocenters. The number of H-pyrrole nitrogens is 1. The van der Waals surface area contributed by atoms with Crippen LogP contribution in [0.1, 0.15) is 28.3 Å². The monoisotopic (exact) mass is 409 g/mol. The molecule has 0 fully saturated rings. The summed E-state index contributed by atoms with van der Waals surface area (Å²) in [7, 11) is 0. The number of aryl methyl sites for hydroxylation is 1. The van der Waals surface area contributed by atoms with E-state index in [2.05, 4.69) is 4.98 Å². The molecule has 142 valence electrons. The van der Waals surface area contributed by atoms with Gasteiger partial charge in [-0.2, -0.15) is 0 Å². The largest absolute Gasteiger partial charge is 0.481 e. The van der Waals surface area contributed by atoms with Gasteiger partial charge in [0.25, 0.3) is 0 Å². The highest BCUT2D eigenvalue weighted by Crippen LogP contribution is 2.58. The number of aliphatic carboxylic acids is 3. The van der Waals surface area contributed by atoms with E-state index < -0.39 is 45.8 Å². The van der Waals surface area contributed by atoms with Crippen molar-refractivity contribution in [2.75, 3.05) is 0 Å². The highest BCUT2D eigenvalue weighted by Gasteiger charge is 2.61. The second-order valence-corrected chi connectivity index (χ2v) is 8.43. The summed E-state index contributed by atoms with van der Waals surface area (Å²) >= 11 is 1.45. The predicted molar refractivity (Wildman–Crippen MR) is 97.6 cm³/mol. The zero-order valence-corrected chi connectivity index (χ0v) is 15.6. The third-order valence-electron chi connectivity index (χ3n) is 4.60.